The summed E-state index contributed by atoms with van der Waals surface area (Å²) in [5.41, 5.74) is 5.68. The van der Waals surface area contributed by atoms with Crippen LogP contribution in [0.1, 0.15) is 12.8 Å². The fourth-order valence-corrected chi connectivity index (χ4v) is 2.78. The summed E-state index contributed by atoms with van der Waals surface area (Å²) in [6.07, 6.45) is 1.08. The number of carboxylic acid groups (broad SMARTS) is 1. The molecule has 2 rings (SSSR count). The molecule has 12 heavy (non-hydrogen) atoms. The van der Waals surface area contributed by atoms with Gasteiger partial charge in [-0.25, -0.2) is 0 Å². The average Bonchev–Trinajstić information content (AvgIpc) is 2.51. The Morgan fingerprint density at radius 2 is 1.92 bits per heavy atom. The minimum absolute atomic E-state index is 0.00231. The summed E-state index contributed by atoms with van der Waals surface area (Å²) >= 11 is 0. The molecule has 0 aliphatic heterocycles. The second-order valence-electron chi connectivity index (χ2n) is 3.84. The van der Waals surface area contributed by atoms with Gasteiger partial charge in [0.05, 0.1) is 12.0 Å². The lowest BCUT2D eigenvalue weighted by molar-refractivity contribution is -0.143. The van der Waals surface area contributed by atoms with Crippen LogP contribution in [0.3, 0.4) is 0 Å². The Balaban J connectivity index is 2.24. The first-order valence-corrected chi connectivity index (χ1v) is 4.29. The fraction of sp³-hybridized carbons (Fsp3) is 0.875. The van der Waals surface area contributed by atoms with E-state index in [1.165, 1.54) is 0 Å². The van der Waals surface area contributed by atoms with Crippen molar-refractivity contribution in [3.05, 3.63) is 0 Å². The van der Waals surface area contributed by atoms with E-state index in [-0.39, 0.29) is 17.9 Å². The molecule has 4 nitrogen and oxygen atoms in total. The van der Waals surface area contributed by atoms with Crippen LogP contribution in [0.5, 0.6) is 0 Å². The lowest BCUT2D eigenvalue weighted by Crippen LogP contribution is -2.39. The van der Waals surface area contributed by atoms with Gasteiger partial charge in [-0.3, -0.25) is 4.79 Å². The van der Waals surface area contributed by atoms with Gasteiger partial charge < -0.3 is 15.9 Å². The quantitative estimate of drug-likeness (QED) is 0.492. The van der Waals surface area contributed by atoms with Crippen LogP contribution in [-0.2, 0) is 4.79 Å². The number of hydrogen-bond acceptors (Lipinski definition) is 3. The molecular formula is C8H13NO3. The van der Waals surface area contributed by atoms with Gasteiger partial charge >= 0.3 is 5.97 Å². The van der Waals surface area contributed by atoms with Crippen molar-refractivity contribution in [1.82, 2.24) is 0 Å². The highest BCUT2D eigenvalue weighted by Crippen LogP contribution is 2.48. The molecule has 68 valence electrons. The maximum atomic E-state index is 10.8. The standard InChI is InChI=1S/C8H13NO3/c9-6-3-1-2-4(7(6)10)5(3)8(11)12/h3-7,10H,1-2,9H2,(H,11,12)/t3-,4+,5+,6-,7+/m0/s1. The Kier molecular flexibility index (Phi) is 1.63. The predicted octanol–water partition coefficient (Wildman–Crippen LogP) is -0.585. The second-order valence-corrected chi connectivity index (χ2v) is 3.84. The first kappa shape index (κ1) is 8.01. The number of fused-ring (bicyclic) bond motifs is 2. The van der Waals surface area contributed by atoms with Gasteiger partial charge in [-0.15, -0.1) is 0 Å². The molecule has 4 heteroatoms. The molecule has 5 atom stereocenters. The van der Waals surface area contributed by atoms with Gasteiger partial charge in [-0.2, -0.15) is 0 Å². The Morgan fingerprint density at radius 3 is 2.25 bits per heavy atom. The van der Waals surface area contributed by atoms with Gasteiger partial charge in [0, 0.05) is 6.04 Å². The van der Waals surface area contributed by atoms with E-state index in [9.17, 15) is 9.90 Å². The highest BCUT2D eigenvalue weighted by Gasteiger charge is 2.55. The Bertz CT molecular complexity index is 202. The Labute approximate surface area is 70.4 Å². The number of aliphatic hydroxyl groups excluding tert-OH is 1. The fourth-order valence-electron chi connectivity index (χ4n) is 2.78. The molecule has 2 saturated carbocycles. The van der Waals surface area contributed by atoms with Crippen molar-refractivity contribution in [3.63, 3.8) is 0 Å². The summed E-state index contributed by atoms with van der Waals surface area (Å²) in [5.74, 6) is -1.28. The maximum Gasteiger partial charge on any atom is 0.307 e. The third-order valence-corrected chi connectivity index (χ3v) is 3.37. The molecule has 0 heterocycles. The highest BCUT2D eigenvalue weighted by molar-refractivity contribution is 5.72. The van der Waals surface area contributed by atoms with Crippen LogP contribution in [0.25, 0.3) is 0 Å². The molecule has 0 radical (unpaired) electrons. The number of carboxylic acids is 1. The number of hydrogen-bond donors (Lipinski definition) is 3. The van der Waals surface area contributed by atoms with Crippen molar-refractivity contribution in [2.45, 2.75) is 25.0 Å². The number of nitrogens with two attached hydrogens (primary N) is 1. The summed E-state index contributed by atoms with van der Waals surface area (Å²) in [6.45, 7) is 0. The van der Waals surface area contributed by atoms with E-state index in [0.717, 1.165) is 12.8 Å². The van der Waals surface area contributed by atoms with Crippen LogP contribution in [-0.4, -0.2) is 28.3 Å². The highest BCUT2D eigenvalue weighted by atomic mass is 16.4. The minimum Gasteiger partial charge on any atom is -0.481 e. The number of aliphatic carboxylic acids is 1. The van der Waals surface area contributed by atoms with Crippen molar-refractivity contribution in [2.75, 3.05) is 0 Å². The molecule has 2 aliphatic carbocycles. The number of carbonyl (C=O) groups is 1. The summed E-state index contributed by atoms with van der Waals surface area (Å²) in [7, 11) is 0. The smallest absolute Gasteiger partial charge is 0.307 e. The maximum absolute atomic E-state index is 10.8. The molecular weight excluding hydrogens is 158 g/mol. The van der Waals surface area contributed by atoms with Crippen molar-refractivity contribution >= 4 is 5.97 Å². The molecule has 0 spiro atoms. The summed E-state index contributed by atoms with van der Waals surface area (Å²) in [6, 6.07) is -0.315. The Morgan fingerprint density at radius 1 is 1.33 bits per heavy atom. The molecule has 2 bridgehead atoms. The van der Waals surface area contributed by atoms with Crippen molar-refractivity contribution < 1.29 is 15.0 Å². The first-order chi connectivity index (χ1) is 5.63. The molecule has 4 N–H and O–H groups in total. The first-order valence-electron chi connectivity index (χ1n) is 4.29. The van der Waals surface area contributed by atoms with E-state index >= 15 is 0 Å². The van der Waals surface area contributed by atoms with Gasteiger partial charge in [0.25, 0.3) is 0 Å². The molecule has 2 aliphatic rings. The zero-order chi connectivity index (χ0) is 8.88. The zero-order valence-corrected chi connectivity index (χ0v) is 6.68. The zero-order valence-electron chi connectivity index (χ0n) is 6.68. The monoisotopic (exact) mass is 171 g/mol. The third kappa shape index (κ3) is 0.820. The van der Waals surface area contributed by atoms with Crippen LogP contribution in [0.15, 0.2) is 0 Å². The van der Waals surface area contributed by atoms with Crippen LogP contribution in [0, 0.1) is 17.8 Å². The second kappa shape index (κ2) is 2.44. The minimum atomic E-state index is -0.797. The molecule has 0 amide bonds. The summed E-state index contributed by atoms with van der Waals surface area (Å²) in [5, 5.41) is 18.4. The van der Waals surface area contributed by atoms with E-state index in [0.29, 0.717) is 0 Å². The van der Waals surface area contributed by atoms with Gasteiger partial charge in [-0.1, -0.05) is 0 Å². The number of rotatable bonds is 1. The van der Waals surface area contributed by atoms with Crippen LogP contribution in [0.2, 0.25) is 0 Å². The normalized spacial score (nSPS) is 51.3. The largest absolute Gasteiger partial charge is 0.481 e. The van der Waals surface area contributed by atoms with Crippen LogP contribution < -0.4 is 5.73 Å². The third-order valence-electron chi connectivity index (χ3n) is 3.37. The van der Waals surface area contributed by atoms with Crippen molar-refractivity contribution in [2.24, 2.45) is 23.5 Å². The van der Waals surface area contributed by atoms with E-state index in [1.54, 1.807) is 0 Å². The van der Waals surface area contributed by atoms with E-state index in [4.69, 9.17) is 10.8 Å². The van der Waals surface area contributed by atoms with Gasteiger partial charge in [0.15, 0.2) is 0 Å². The predicted molar refractivity (Wildman–Crippen MR) is 41.3 cm³/mol. The van der Waals surface area contributed by atoms with Crippen LogP contribution in [0.4, 0.5) is 0 Å². The van der Waals surface area contributed by atoms with Crippen molar-refractivity contribution in [1.29, 1.82) is 0 Å². The van der Waals surface area contributed by atoms with Crippen LogP contribution >= 0.6 is 0 Å². The topological polar surface area (TPSA) is 83.5 Å². The SMILES string of the molecule is N[C@@H]1[C@H](O)[C@@H]2CC[C@H]1[C@H]2C(=O)O. The Hall–Kier alpha value is -0.610. The van der Waals surface area contributed by atoms with E-state index in [2.05, 4.69) is 0 Å². The van der Waals surface area contributed by atoms with Gasteiger partial charge in [0.1, 0.15) is 0 Å². The lowest BCUT2D eigenvalue weighted by Gasteiger charge is -2.22. The average molecular weight is 171 g/mol. The van der Waals surface area contributed by atoms with Gasteiger partial charge in [-0.05, 0) is 24.7 Å². The molecule has 2 fully saturated rings. The summed E-state index contributed by atoms with van der Waals surface area (Å²) < 4.78 is 0. The summed E-state index contributed by atoms with van der Waals surface area (Å²) in [4.78, 5) is 10.8. The molecule has 0 unspecified atom stereocenters. The number of aliphatic hydroxyl groups is 1. The molecule has 0 aromatic heterocycles. The molecule has 0 aromatic carbocycles. The van der Waals surface area contributed by atoms with E-state index in [1.807, 2.05) is 0 Å². The van der Waals surface area contributed by atoms with Crippen molar-refractivity contribution in [3.8, 4) is 0 Å². The lowest BCUT2D eigenvalue weighted by atomic mass is 9.93. The van der Waals surface area contributed by atoms with E-state index < -0.39 is 18.0 Å². The molecule has 0 aromatic rings. The molecule has 0 saturated heterocycles. The van der Waals surface area contributed by atoms with Gasteiger partial charge in [0.2, 0.25) is 0 Å².